The summed E-state index contributed by atoms with van der Waals surface area (Å²) in [5.74, 6) is 0. The second-order valence-electron chi connectivity index (χ2n) is 5.32. The van der Waals surface area contributed by atoms with Crippen LogP contribution in [0.25, 0.3) is 0 Å². The van der Waals surface area contributed by atoms with E-state index in [1.165, 1.54) is 0 Å². The van der Waals surface area contributed by atoms with E-state index < -0.39 is 0 Å². The number of hydrogen-bond donors (Lipinski definition) is 1. The van der Waals surface area contributed by atoms with Gasteiger partial charge in [-0.05, 0) is 11.1 Å². The molecule has 0 fully saturated rings. The highest BCUT2D eigenvalue weighted by Crippen LogP contribution is 2.18. The van der Waals surface area contributed by atoms with E-state index in [9.17, 15) is 5.11 Å². The van der Waals surface area contributed by atoms with E-state index in [0.29, 0.717) is 6.67 Å². The summed E-state index contributed by atoms with van der Waals surface area (Å²) in [4.78, 5) is 0. The van der Waals surface area contributed by atoms with Gasteiger partial charge in [0.1, 0.15) is 6.20 Å². The van der Waals surface area contributed by atoms with E-state index in [1.807, 2.05) is 73.1 Å². The third kappa shape index (κ3) is 3.91. The van der Waals surface area contributed by atoms with Gasteiger partial charge in [-0.3, -0.25) is 0 Å². The van der Waals surface area contributed by atoms with Gasteiger partial charge < -0.3 is 5.11 Å². The number of benzene rings is 2. The van der Waals surface area contributed by atoms with Gasteiger partial charge in [-0.25, -0.2) is 5.01 Å². The van der Waals surface area contributed by atoms with Crippen molar-refractivity contribution in [2.45, 2.75) is 0 Å². The van der Waals surface area contributed by atoms with Gasteiger partial charge in [0.2, 0.25) is 13.4 Å². The fourth-order valence-corrected chi connectivity index (χ4v) is 2.23. The van der Waals surface area contributed by atoms with Gasteiger partial charge in [0, 0.05) is 0 Å². The molecule has 23 heavy (non-hydrogen) atoms. The topological polar surface area (TPSA) is 48.2 Å². The summed E-state index contributed by atoms with van der Waals surface area (Å²) in [6.07, 6.45) is 7.23. The van der Waals surface area contributed by atoms with Crippen LogP contribution in [0.3, 0.4) is 0 Å². The molecular weight excluding hydrogens is 288 g/mol. The summed E-state index contributed by atoms with van der Waals surface area (Å²) >= 11 is 0. The van der Waals surface area contributed by atoms with Gasteiger partial charge in [-0.15, -0.1) is 4.59 Å². The van der Waals surface area contributed by atoms with Crippen molar-refractivity contribution in [3.05, 3.63) is 84.2 Å². The van der Waals surface area contributed by atoms with E-state index in [0.717, 1.165) is 11.1 Å². The van der Waals surface area contributed by atoms with Crippen LogP contribution in [0.2, 0.25) is 0 Å². The van der Waals surface area contributed by atoms with Gasteiger partial charge in [-0.2, -0.15) is 5.10 Å². The molecule has 116 valence electrons. The molecule has 0 amide bonds. The second kappa shape index (κ2) is 7.00. The summed E-state index contributed by atoms with van der Waals surface area (Å²) in [6.45, 7) is 0.348. The molecule has 0 saturated heterocycles. The molecule has 0 spiro atoms. The van der Waals surface area contributed by atoms with Crippen molar-refractivity contribution in [3.63, 3.8) is 0 Å². The van der Waals surface area contributed by atoms with Crippen LogP contribution in [-0.4, -0.2) is 40.5 Å². The van der Waals surface area contributed by atoms with Crippen molar-refractivity contribution < 1.29 is 9.70 Å². The Balaban J connectivity index is 1.68. The van der Waals surface area contributed by atoms with Crippen LogP contribution in [0.4, 0.5) is 0 Å². The highest BCUT2D eigenvalue weighted by Gasteiger charge is 2.31. The van der Waals surface area contributed by atoms with E-state index in [1.54, 1.807) is 17.4 Å². The molecule has 0 bridgehead atoms. The quantitative estimate of drug-likeness (QED) is 0.682. The fourth-order valence-electron chi connectivity index (χ4n) is 2.23. The largest absolute Gasteiger partial charge is 0.345 e. The average molecular weight is 307 g/mol. The van der Waals surface area contributed by atoms with Gasteiger partial charge in [-0.1, -0.05) is 65.8 Å². The molecular formula is C18H19N4O+. The summed E-state index contributed by atoms with van der Waals surface area (Å²) < 4.78 is 0.0843. The molecule has 5 heteroatoms. The van der Waals surface area contributed by atoms with Crippen LogP contribution in [-0.2, 0) is 0 Å². The number of quaternary nitrogens is 1. The molecule has 2 aromatic carbocycles. The van der Waals surface area contributed by atoms with Crippen molar-refractivity contribution in [2.24, 2.45) is 10.2 Å². The maximum atomic E-state index is 9.73. The van der Waals surface area contributed by atoms with E-state index >= 15 is 0 Å². The molecule has 0 saturated carbocycles. The maximum Gasteiger partial charge on any atom is 0.210 e. The minimum absolute atomic E-state index is 0.0843. The lowest BCUT2D eigenvalue weighted by molar-refractivity contribution is -0.906. The Morgan fingerprint density at radius 3 is 2.17 bits per heavy atom. The smallest absolute Gasteiger partial charge is 0.210 e. The molecule has 1 atom stereocenters. The van der Waals surface area contributed by atoms with Crippen LogP contribution >= 0.6 is 0 Å². The molecule has 0 aromatic heterocycles. The van der Waals surface area contributed by atoms with Gasteiger partial charge in [0.25, 0.3) is 0 Å². The van der Waals surface area contributed by atoms with Crippen LogP contribution in [0.5, 0.6) is 0 Å². The molecule has 3 rings (SSSR count). The Kier molecular flexibility index (Phi) is 4.61. The summed E-state index contributed by atoms with van der Waals surface area (Å²) in [5.41, 5.74) is 2.03. The molecule has 1 aliphatic rings. The number of aliphatic hydroxyl groups excluding tert-OH is 1. The third-order valence-corrected chi connectivity index (χ3v) is 3.54. The van der Waals surface area contributed by atoms with E-state index in [-0.39, 0.29) is 11.3 Å². The lowest BCUT2D eigenvalue weighted by atomic mass is 10.2. The highest BCUT2D eigenvalue weighted by molar-refractivity contribution is 5.79. The van der Waals surface area contributed by atoms with Gasteiger partial charge >= 0.3 is 0 Å². The Morgan fingerprint density at radius 1 is 0.957 bits per heavy atom. The molecule has 1 unspecified atom stereocenters. The van der Waals surface area contributed by atoms with Crippen molar-refractivity contribution >= 4 is 12.4 Å². The Hall–Kier alpha value is -2.76. The number of aliphatic hydroxyl groups is 1. The molecule has 0 aliphatic carbocycles. The first-order chi connectivity index (χ1) is 11.3. The average Bonchev–Trinajstić information content (AvgIpc) is 3.04. The zero-order chi connectivity index (χ0) is 16.0. The van der Waals surface area contributed by atoms with Gasteiger partial charge in [0.15, 0.2) is 0 Å². The van der Waals surface area contributed by atoms with E-state index in [2.05, 4.69) is 10.2 Å². The first kappa shape index (κ1) is 15.1. The number of rotatable bonds is 5. The number of hydrogen-bond acceptors (Lipinski definition) is 4. The van der Waals surface area contributed by atoms with Gasteiger partial charge in [0.05, 0.1) is 18.6 Å². The predicted molar refractivity (Wildman–Crippen MR) is 91.3 cm³/mol. The van der Waals surface area contributed by atoms with Crippen molar-refractivity contribution in [3.8, 4) is 0 Å². The number of nitrogens with zero attached hydrogens (tertiary/aromatic N) is 4. The highest BCUT2D eigenvalue weighted by atomic mass is 16.3. The van der Waals surface area contributed by atoms with Crippen molar-refractivity contribution in [2.75, 3.05) is 13.4 Å². The Labute approximate surface area is 135 Å². The number of hydrazone groups is 1. The molecule has 2 aromatic rings. The molecule has 0 radical (unpaired) electrons. The van der Waals surface area contributed by atoms with Crippen molar-refractivity contribution in [1.29, 1.82) is 0 Å². The zero-order valence-corrected chi connectivity index (χ0v) is 12.7. The summed E-state index contributed by atoms with van der Waals surface area (Å²) in [5, 5.41) is 20.4. The Bertz CT molecular complexity index is 712. The van der Waals surface area contributed by atoms with Crippen LogP contribution < -0.4 is 0 Å². The molecule has 1 N–H and O–H groups in total. The summed E-state index contributed by atoms with van der Waals surface area (Å²) in [7, 11) is 0. The maximum absolute atomic E-state index is 9.73. The molecule has 1 aliphatic heterocycles. The SMILES string of the molecule is OC[N+]1(N=Cc2ccccc2)C=CN(N=Cc2ccccc2)C1. The Morgan fingerprint density at radius 2 is 1.57 bits per heavy atom. The van der Waals surface area contributed by atoms with E-state index in [4.69, 9.17) is 0 Å². The lowest BCUT2D eigenvalue weighted by Gasteiger charge is -2.22. The van der Waals surface area contributed by atoms with Crippen LogP contribution in [0.1, 0.15) is 11.1 Å². The van der Waals surface area contributed by atoms with Crippen molar-refractivity contribution in [1.82, 2.24) is 5.01 Å². The first-order valence-corrected chi connectivity index (χ1v) is 7.43. The van der Waals surface area contributed by atoms with Crippen LogP contribution in [0, 0.1) is 0 Å². The third-order valence-electron chi connectivity index (χ3n) is 3.54. The standard InChI is InChI=1S/C18H19N4O/c23-16-22(20-14-18-9-5-2-6-10-18)12-11-21(15-22)19-13-17-7-3-1-4-8-17/h1-14,23H,15-16H2/q+1. The predicted octanol–water partition coefficient (Wildman–Crippen LogP) is 2.57. The van der Waals surface area contributed by atoms with Crippen LogP contribution in [0.15, 0.2) is 83.3 Å². The fraction of sp³-hybridized carbons (Fsp3) is 0.111. The summed E-state index contributed by atoms with van der Waals surface area (Å²) in [6, 6.07) is 19.7. The first-order valence-electron chi connectivity index (χ1n) is 7.43. The molecule has 1 heterocycles. The lowest BCUT2D eigenvalue weighted by Crippen LogP contribution is -2.39. The second-order valence-corrected chi connectivity index (χ2v) is 5.32. The monoisotopic (exact) mass is 307 g/mol. The normalized spacial score (nSPS) is 20.8. The zero-order valence-electron chi connectivity index (χ0n) is 12.7. The molecule has 5 nitrogen and oxygen atoms in total. The minimum atomic E-state index is -0.114. The minimum Gasteiger partial charge on any atom is -0.345 e.